The Morgan fingerprint density at radius 1 is 1.50 bits per heavy atom. The number of methoxy groups -OCH3 is 1. The molecule has 1 unspecified atom stereocenters. The van der Waals surface area contributed by atoms with E-state index in [0.717, 1.165) is 12.0 Å². The lowest BCUT2D eigenvalue weighted by molar-refractivity contribution is -0.101. The molecule has 1 heterocycles. The maximum Gasteiger partial charge on any atom is 0.165 e. The van der Waals surface area contributed by atoms with E-state index in [1.54, 1.807) is 6.07 Å². The van der Waals surface area contributed by atoms with Crippen molar-refractivity contribution in [1.82, 2.24) is 0 Å². The molecule has 0 saturated carbocycles. The van der Waals surface area contributed by atoms with Gasteiger partial charge in [0.05, 0.1) is 20.3 Å². The predicted octanol–water partition coefficient (Wildman–Crippen LogP) is 2.12. The Bertz CT molecular complexity index is 412. The molecule has 1 aliphatic rings. The summed E-state index contributed by atoms with van der Waals surface area (Å²) in [6.07, 6.45) is 0.841. The lowest BCUT2D eigenvalue weighted by atomic mass is 9.68. The highest BCUT2D eigenvalue weighted by molar-refractivity contribution is 5.36. The fraction of sp³-hybridized carbons (Fsp3) is 0.571. The number of hydrogen-bond donors (Lipinski definition) is 1. The molecule has 0 spiro atoms. The molecule has 4 heteroatoms. The van der Waals surface area contributed by atoms with Crippen molar-refractivity contribution in [2.24, 2.45) is 5.92 Å². The van der Waals surface area contributed by atoms with Gasteiger partial charge >= 0.3 is 0 Å². The molecule has 1 saturated heterocycles. The fourth-order valence-electron chi connectivity index (χ4n) is 2.63. The molecule has 1 fully saturated rings. The van der Waals surface area contributed by atoms with Crippen LogP contribution in [0.3, 0.4) is 0 Å². The van der Waals surface area contributed by atoms with Crippen LogP contribution in [-0.4, -0.2) is 32.0 Å². The van der Waals surface area contributed by atoms with E-state index < -0.39 is 0 Å². The van der Waals surface area contributed by atoms with Gasteiger partial charge in [0.1, 0.15) is 0 Å². The van der Waals surface area contributed by atoms with Crippen LogP contribution in [0.1, 0.15) is 18.9 Å². The zero-order valence-corrected chi connectivity index (χ0v) is 10.8. The van der Waals surface area contributed by atoms with Gasteiger partial charge < -0.3 is 14.6 Å². The van der Waals surface area contributed by atoms with E-state index in [4.69, 9.17) is 9.47 Å². The Hall–Kier alpha value is -1.13. The van der Waals surface area contributed by atoms with Crippen molar-refractivity contribution in [2.75, 3.05) is 26.9 Å². The molecule has 0 bridgehead atoms. The minimum Gasteiger partial charge on any atom is -0.494 e. The molecule has 0 aromatic heterocycles. The molecule has 18 heavy (non-hydrogen) atoms. The molecule has 0 amide bonds. The van der Waals surface area contributed by atoms with Gasteiger partial charge in [-0.3, -0.25) is 0 Å². The van der Waals surface area contributed by atoms with E-state index in [2.05, 4.69) is 0 Å². The van der Waals surface area contributed by atoms with E-state index in [0.29, 0.717) is 13.2 Å². The van der Waals surface area contributed by atoms with Gasteiger partial charge in [-0.25, -0.2) is 4.39 Å². The molecule has 0 aliphatic carbocycles. The van der Waals surface area contributed by atoms with Crippen molar-refractivity contribution in [3.63, 3.8) is 0 Å². The van der Waals surface area contributed by atoms with Crippen molar-refractivity contribution >= 4 is 0 Å². The third-order valence-corrected chi connectivity index (χ3v) is 3.94. The molecular formula is C14H19FO3. The van der Waals surface area contributed by atoms with Gasteiger partial charge in [0, 0.05) is 12.0 Å². The molecule has 1 atom stereocenters. The van der Waals surface area contributed by atoms with Gasteiger partial charge in [-0.05, 0) is 23.6 Å². The van der Waals surface area contributed by atoms with Gasteiger partial charge in [-0.1, -0.05) is 19.4 Å². The third kappa shape index (κ3) is 1.99. The minimum absolute atomic E-state index is 0.0908. The fourth-order valence-corrected chi connectivity index (χ4v) is 2.63. The maximum atomic E-state index is 13.8. The monoisotopic (exact) mass is 254 g/mol. The van der Waals surface area contributed by atoms with Crippen molar-refractivity contribution in [3.8, 4) is 5.75 Å². The summed E-state index contributed by atoms with van der Waals surface area (Å²) in [5, 5.41) is 9.48. The average molecular weight is 254 g/mol. The van der Waals surface area contributed by atoms with Gasteiger partial charge in [0.2, 0.25) is 0 Å². The van der Waals surface area contributed by atoms with Crippen LogP contribution in [0.25, 0.3) is 0 Å². The number of rotatable bonds is 5. The van der Waals surface area contributed by atoms with Crippen LogP contribution >= 0.6 is 0 Å². The standard InChI is InChI=1S/C14H19FO3/c1-3-10(7-16)14(8-18-9-14)11-4-5-13(17-2)12(15)6-11/h4-6,10,16H,3,7-9H2,1-2H3. The smallest absolute Gasteiger partial charge is 0.165 e. The summed E-state index contributed by atoms with van der Waals surface area (Å²) >= 11 is 0. The second-order valence-electron chi connectivity index (χ2n) is 4.79. The number of benzene rings is 1. The van der Waals surface area contributed by atoms with Crippen LogP contribution in [0.2, 0.25) is 0 Å². The molecule has 0 radical (unpaired) electrons. The Morgan fingerprint density at radius 2 is 2.22 bits per heavy atom. The maximum absolute atomic E-state index is 13.8. The first-order chi connectivity index (χ1) is 8.67. The van der Waals surface area contributed by atoms with Crippen molar-refractivity contribution in [3.05, 3.63) is 29.6 Å². The van der Waals surface area contributed by atoms with E-state index in [1.165, 1.54) is 13.2 Å². The molecule has 3 nitrogen and oxygen atoms in total. The molecule has 1 aromatic rings. The molecule has 100 valence electrons. The lowest BCUT2D eigenvalue weighted by Gasteiger charge is -2.47. The van der Waals surface area contributed by atoms with Crippen LogP contribution in [0.4, 0.5) is 4.39 Å². The van der Waals surface area contributed by atoms with Gasteiger partial charge in [-0.15, -0.1) is 0 Å². The first-order valence-electron chi connectivity index (χ1n) is 6.20. The average Bonchev–Trinajstić information content (AvgIpc) is 2.33. The Labute approximate surface area is 107 Å². The number of ether oxygens (including phenoxy) is 2. The molecule has 1 aliphatic heterocycles. The lowest BCUT2D eigenvalue weighted by Crippen LogP contribution is -2.53. The van der Waals surface area contributed by atoms with Crippen molar-refractivity contribution in [1.29, 1.82) is 0 Å². The number of hydrogen-bond acceptors (Lipinski definition) is 3. The number of halogens is 1. The molecule has 1 N–H and O–H groups in total. The molecule has 1 aromatic carbocycles. The second-order valence-corrected chi connectivity index (χ2v) is 4.79. The topological polar surface area (TPSA) is 38.7 Å². The van der Waals surface area contributed by atoms with Crippen LogP contribution in [0.5, 0.6) is 5.75 Å². The first kappa shape index (κ1) is 13.3. The van der Waals surface area contributed by atoms with Crippen LogP contribution in [0.15, 0.2) is 18.2 Å². The van der Waals surface area contributed by atoms with E-state index in [1.807, 2.05) is 13.0 Å². The summed E-state index contributed by atoms with van der Waals surface area (Å²) in [4.78, 5) is 0. The van der Waals surface area contributed by atoms with Gasteiger partial charge in [-0.2, -0.15) is 0 Å². The summed E-state index contributed by atoms with van der Waals surface area (Å²) in [7, 11) is 1.45. The quantitative estimate of drug-likeness (QED) is 0.874. The van der Waals surface area contributed by atoms with Crippen LogP contribution in [-0.2, 0) is 10.2 Å². The summed E-state index contributed by atoms with van der Waals surface area (Å²) in [6, 6.07) is 5.00. The highest BCUT2D eigenvalue weighted by atomic mass is 19.1. The Balaban J connectivity index is 2.35. The summed E-state index contributed by atoms with van der Waals surface area (Å²) in [5.74, 6) is -0.0284. The van der Waals surface area contributed by atoms with E-state index in [9.17, 15) is 9.50 Å². The van der Waals surface area contributed by atoms with Crippen molar-refractivity contribution < 1.29 is 19.0 Å². The molecule has 2 rings (SSSR count). The number of aliphatic hydroxyl groups is 1. The minimum atomic E-state index is -0.367. The summed E-state index contributed by atoms with van der Waals surface area (Å²) in [5.41, 5.74) is 0.629. The highest BCUT2D eigenvalue weighted by Gasteiger charge is 2.46. The largest absolute Gasteiger partial charge is 0.494 e. The molecular weight excluding hydrogens is 235 g/mol. The highest BCUT2D eigenvalue weighted by Crippen LogP contribution is 2.41. The second kappa shape index (κ2) is 5.24. The zero-order valence-electron chi connectivity index (χ0n) is 10.8. The predicted molar refractivity (Wildman–Crippen MR) is 66.3 cm³/mol. The van der Waals surface area contributed by atoms with Crippen LogP contribution in [0, 0.1) is 11.7 Å². The van der Waals surface area contributed by atoms with Gasteiger partial charge in [0.25, 0.3) is 0 Å². The Kier molecular flexibility index (Phi) is 3.88. The Morgan fingerprint density at radius 3 is 2.61 bits per heavy atom. The normalized spacial score (nSPS) is 19.1. The third-order valence-electron chi connectivity index (χ3n) is 3.94. The van der Waals surface area contributed by atoms with Crippen LogP contribution < -0.4 is 4.74 Å². The SMILES string of the molecule is CCC(CO)C1(c2ccc(OC)c(F)c2)COC1. The van der Waals surface area contributed by atoms with Gasteiger partial charge in [0.15, 0.2) is 11.6 Å². The summed E-state index contributed by atoms with van der Waals surface area (Å²) in [6.45, 7) is 3.20. The van der Waals surface area contributed by atoms with E-state index in [-0.39, 0.29) is 29.5 Å². The van der Waals surface area contributed by atoms with Crippen molar-refractivity contribution in [2.45, 2.75) is 18.8 Å². The summed E-state index contributed by atoms with van der Waals surface area (Å²) < 4.78 is 24.0. The number of aliphatic hydroxyl groups excluding tert-OH is 1. The zero-order chi connectivity index (χ0) is 13.2. The first-order valence-corrected chi connectivity index (χ1v) is 6.20. The van der Waals surface area contributed by atoms with E-state index >= 15 is 0 Å².